The van der Waals surface area contributed by atoms with Gasteiger partial charge in [0.2, 0.25) is 0 Å². The molecular formula is C20H25NO2. The lowest BCUT2D eigenvalue weighted by molar-refractivity contribution is 0.269. The first-order chi connectivity index (χ1) is 11.2. The zero-order valence-corrected chi connectivity index (χ0v) is 14.0. The Morgan fingerprint density at radius 3 is 2.61 bits per heavy atom. The van der Waals surface area contributed by atoms with Crippen molar-refractivity contribution in [2.24, 2.45) is 0 Å². The monoisotopic (exact) mass is 311 g/mol. The van der Waals surface area contributed by atoms with E-state index in [-0.39, 0.29) is 0 Å². The van der Waals surface area contributed by atoms with Gasteiger partial charge in [-0.25, -0.2) is 0 Å². The van der Waals surface area contributed by atoms with Crippen LogP contribution < -0.4 is 14.8 Å². The van der Waals surface area contributed by atoms with Gasteiger partial charge in [0.25, 0.3) is 0 Å². The third kappa shape index (κ3) is 4.73. The topological polar surface area (TPSA) is 30.5 Å². The molecule has 1 aliphatic rings. The quantitative estimate of drug-likeness (QED) is 0.791. The molecule has 0 radical (unpaired) electrons. The van der Waals surface area contributed by atoms with Gasteiger partial charge < -0.3 is 14.8 Å². The van der Waals surface area contributed by atoms with Crippen LogP contribution in [0, 0.1) is 6.92 Å². The van der Waals surface area contributed by atoms with E-state index in [1.807, 2.05) is 13.0 Å². The smallest absolute Gasteiger partial charge is 0.161 e. The molecule has 0 saturated heterocycles. The molecule has 0 amide bonds. The zero-order chi connectivity index (χ0) is 16.1. The standard InChI is InChI=1S/C20H25NO2/c1-3-22-20-12-16(13-21-18-8-9-18)7-10-19(20)23-14-17-6-4-5-15(2)11-17/h4-7,10-12,18,21H,3,8-9,13-14H2,1-2H3. The minimum Gasteiger partial charge on any atom is -0.490 e. The number of ether oxygens (including phenoxy) is 2. The zero-order valence-electron chi connectivity index (χ0n) is 14.0. The van der Waals surface area contributed by atoms with Crippen molar-refractivity contribution in [3.05, 3.63) is 59.2 Å². The summed E-state index contributed by atoms with van der Waals surface area (Å²) in [5, 5.41) is 3.53. The second kappa shape index (κ2) is 7.51. The van der Waals surface area contributed by atoms with Gasteiger partial charge in [0.15, 0.2) is 11.5 Å². The summed E-state index contributed by atoms with van der Waals surface area (Å²) in [4.78, 5) is 0. The van der Waals surface area contributed by atoms with E-state index in [9.17, 15) is 0 Å². The molecule has 1 saturated carbocycles. The second-order valence-corrected chi connectivity index (χ2v) is 6.15. The first-order valence-corrected chi connectivity index (χ1v) is 8.42. The molecule has 0 aromatic heterocycles. The van der Waals surface area contributed by atoms with Gasteiger partial charge >= 0.3 is 0 Å². The number of nitrogens with one attached hydrogen (secondary N) is 1. The van der Waals surface area contributed by atoms with Crippen molar-refractivity contribution < 1.29 is 9.47 Å². The van der Waals surface area contributed by atoms with Crippen LogP contribution in [0.1, 0.15) is 36.5 Å². The van der Waals surface area contributed by atoms with Crippen molar-refractivity contribution in [2.75, 3.05) is 6.61 Å². The fourth-order valence-corrected chi connectivity index (χ4v) is 2.56. The molecule has 0 unspecified atom stereocenters. The number of hydrogen-bond acceptors (Lipinski definition) is 3. The summed E-state index contributed by atoms with van der Waals surface area (Å²) in [5.41, 5.74) is 3.66. The molecular weight excluding hydrogens is 286 g/mol. The predicted octanol–water partition coefficient (Wildman–Crippen LogP) is 4.22. The molecule has 2 aromatic rings. The van der Waals surface area contributed by atoms with Crippen molar-refractivity contribution >= 4 is 0 Å². The fourth-order valence-electron chi connectivity index (χ4n) is 2.56. The van der Waals surface area contributed by atoms with E-state index in [1.165, 1.54) is 29.5 Å². The summed E-state index contributed by atoms with van der Waals surface area (Å²) in [5.74, 6) is 1.64. The third-order valence-corrected chi connectivity index (χ3v) is 3.96. The molecule has 1 fully saturated rings. The average Bonchev–Trinajstić information content (AvgIpc) is 3.37. The van der Waals surface area contributed by atoms with Crippen LogP contribution in [0.5, 0.6) is 11.5 Å². The van der Waals surface area contributed by atoms with Gasteiger partial charge in [-0.2, -0.15) is 0 Å². The van der Waals surface area contributed by atoms with Crippen LogP contribution in [0.2, 0.25) is 0 Å². The van der Waals surface area contributed by atoms with Gasteiger partial charge in [-0.15, -0.1) is 0 Å². The first-order valence-electron chi connectivity index (χ1n) is 8.42. The van der Waals surface area contributed by atoms with Gasteiger partial charge in [-0.1, -0.05) is 35.9 Å². The van der Waals surface area contributed by atoms with Gasteiger partial charge in [0.1, 0.15) is 6.61 Å². The first kappa shape index (κ1) is 15.9. The number of aryl methyl sites for hydroxylation is 1. The molecule has 2 aromatic carbocycles. The summed E-state index contributed by atoms with van der Waals surface area (Å²) in [7, 11) is 0. The Bertz CT molecular complexity index is 650. The lowest BCUT2D eigenvalue weighted by Gasteiger charge is -2.14. The van der Waals surface area contributed by atoms with Crippen LogP contribution in [0.3, 0.4) is 0 Å². The Kier molecular flexibility index (Phi) is 5.19. The second-order valence-electron chi connectivity index (χ2n) is 6.15. The average molecular weight is 311 g/mol. The van der Waals surface area contributed by atoms with E-state index in [2.05, 4.69) is 48.6 Å². The Balaban J connectivity index is 1.66. The highest BCUT2D eigenvalue weighted by molar-refractivity contribution is 5.43. The molecule has 0 aliphatic heterocycles. The normalized spacial score (nSPS) is 13.8. The molecule has 3 rings (SSSR count). The number of hydrogen-bond donors (Lipinski definition) is 1. The van der Waals surface area contributed by atoms with Crippen LogP contribution in [0.15, 0.2) is 42.5 Å². The van der Waals surface area contributed by atoms with Crippen LogP contribution in [-0.2, 0) is 13.2 Å². The summed E-state index contributed by atoms with van der Waals surface area (Å²) >= 11 is 0. The minimum absolute atomic E-state index is 0.557. The largest absolute Gasteiger partial charge is 0.490 e. The number of rotatable bonds is 8. The van der Waals surface area contributed by atoms with Crippen LogP contribution in [-0.4, -0.2) is 12.6 Å². The Morgan fingerprint density at radius 1 is 1.00 bits per heavy atom. The lowest BCUT2D eigenvalue weighted by atomic mass is 10.1. The molecule has 0 bridgehead atoms. The predicted molar refractivity (Wildman–Crippen MR) is 93.0 cm³/mol. The van der Waals surface area contributed by atoms with Gasteiger partial charge in [-0.05, 0) is 49.9 Å². The summed E-state index contributed by atoms with van der Waals surface area (Å²) < 4.78 is 11.7. The van der Waals surface area contributed by atoms with Crippen LogP contribution >= 0.6 is 0 Å². The third-order valence-electron chi connectivity index (χ3n) is 3.96. The maximum atomic E-state index is 5.98. The van der Waals surface area contributed by atoms with Crippen molar-refractivity contribution in [1.29, 1.82) is 0 Å². The maximum Gasteiger partial charge on any atom is 0.161 e. The fraction of sp³-hybridized carbons (Fsp3) is 0.400. The van der Waals surface area contributed by atoms with Gasteiger partial charge in [0, 0.05) is 12.6 Å². The van der Waals surface area contributed by atoms with Crippen molar-refractivity contribution in [3.8, 4) is 11.5 Å². The Morgan fingerprint density at radius 2 is 1.87 bits per heavy atom. The Labute approximate surface area is 138 Å². The molecule has 0 atom stereocenters. The van der Waals surface area contributed by atoms with E-state index < -0.39 is 0 Å². The van der Waals surface area contributed by atoms with Gasteiger partial charge in [-0.3, -0.25) is 0 Å². The van der Waals surface area contributed by atoms with Crippen LogP contribution in [0.4, 0.5) is 0 Å². The van der Waals surface area contributed by atoms with E-state index in [4.69, 9.17) is 9.47 Å². The highest BCUT2D eigenvalue weighted by Gasteiger charge is 2.20. The summed E-state index contributed by atoms with van der Waals surface area (Å²) in [6, 6.07) is 15.3. The van der Waals surface area contributed by atoms with E-state index in [0.717, 1.165) is 18.0 Å². The molecule has 3 nitrogen and oxygen atoms in total. The van der Waals surface area contributed by atoms with E-state index in [0.29, 0.717) is 19.3 Å². The van der Waals surface area contributed by atoms with E-state index >= 15 is 0 Å². The highest BCUT2D eigenvalue weighted by atomic mass is 16.5. The molecule has 122 valence electrons. The molecule has 23 heavy (non-hydrogen) atoms. The minimum atomic E-state index is 0.557. The number of benzene rings is 2. The highest BCUT2D eigenvalue weighted by Crippen LogP contribution is 2.30. The molecule has 1 N–H and O–H groups in total. The van der Waals surface area contributed by atoms with Crippen LogP contribution in [0.25, 0.3) is 0 Å². The SMILES string of the molecule is CCOc1cc(CNC2CC2)ccc1OCc1cccc(C)c1. The van der Waals surface area contributed by atoms with Crippen molar-refractivity contribution in [2.45, 2.75) is 45.9 Å². The van der Waals surface area contributed by atoms with Gasteiger partial charge in [0.05, 0.1) is 6.61 Å². The molecule has 0 heterocycles. The molecule has 3 heteroatoms. The maximum absolute atomic E-state index is 5.98. The summed E-state index contributed by atoms with van der Waals surface area (Å²) in [6.45, 7) is 6.18. The van der Waals surface area contributed by atoms with E-state index in [1.54, 1.807) is 0 Å². The Hall–Kier alpha value is -2.00. The summed E-state index contributed by atoms with van der Waals surface area (Å²) in [6.07, 6.45) is 2.60. The van der Waals surface area contributed by atoms with Crippen molar-refractivity contribution in [3.63, 3.8) is 0 Å². The molecule has 0 spiro atoms. The molecule has 1 aliphatic carbocycles. The van der Waals surface area contributed by atoms with Crippen molar-refractivity contribution in [1.82, 2.24) is 5.32 Å². The lowest BCUT2D eigenvalue weighted by Crippen LogP contribution is -2.15.